The fourth-order valence-corrected chi connectivity index (χ4v) is 3.93. The fourth-order valence-electron chi connectivity index (χ4n) is 2.82. The largest absolute Gasteiger partial charge is 0.388 e. The van der Waals surface area contributed by atoms with Gasteiger partial charge in [0, 0.05) is 25.0 Å². The van der Waals surface area contributed by atoms with Gasteiger partial charge in [-0.15, -0.1) is 0 Å². The Morgan fingerprint density at radius 2 is 2.17 bits per heavy atom. The van der Waals surface area contributed by atoms with Crippen molar-refractivity contribution in [3.8, 4) is 6.07 Å². The van der Waals surface area contributed by atoms with Crippen LogP contribution in [0.4, 0.5) is 4.39 Å². The van der Waals surface area contributed by atoms with Crippen molar-refractivity contribution in [1.82, 2.24) is 4.72 Å². The second kappa shape index (κ2) is 6.41. The highest BCUT2D eigenvalue weighted by molar-refractivity contribution is 7.89. The summed E-state index contributed by atoms with van der Waals surface area (Å²) < 4.78 is 45.9. The molecule has 2 N–H and O–H groups in total. The first kappa shape index (κ1) is 18.8. The highest BCUT2D eigenvalue weighted by atomic mass is 32.2. The van der Waals surface area contributed by atoms with E-state index >= 15 is 0 Å². The first-order valence-corrected chi connectivity index (χ1v) is 9.09. The van der Waals surface area contributed by atoms with E-state index < -0.39 is 26.9 Å². The molecule has 1 saturated carbocycles. The molecule has 6 nitrogen and oxygen atoms in total. The number of halogens is 1. The summed E-state index contributed by atoms with van der Waals surface area (Å²) in [6.45, 7) is 5.82. The zero-order valence-corrected chi connectivity index (χ0v) is 14.7. The van der Waals surface area contributed by atoms with E-state index in [-0.39, 0.29) is 23.1 Å². The van der Waals surface area contributed by atoms with Crippen LogP contribution in [-0.4, -0.2) is 38.4 Å². The van der Waals surface area contributed by atoms with Crippen LogP contribution in [0.3, 0.4) is 0 Å². The van der Waals surface area contributed by atoms with Gasteiger partial charge in [0.2, 0.25) is 10.0 Å². The Morgan fingerprint density at radius 1 is 1.50 bits per heavy atom. The Kier molecular flexibility index (Phi) is 5.02. The lowest BCUT2D eigenvalue weighted by molar-refractivity contribution is -0.236. The van der Waals surface area contributed by atoms with Gasteiger partial charge in [0.15, 0.2) is 0 Å². The lowest BCUT2D eigenvalue weighted by atomic mass is 9.56. The number of hydrogen-bond acceptors (Lipinski definition) is 5. The summed E-state index contributed by atoms with van der Waals surface area (Å²) in [5, 5.41) is 19.5. The molecule has 24 heavy (non-hydrogen) atoms. The molecule has 1 aromatic rings. The predicted molar refractivity (Wildman–Crippen MR) is 85.1 cm³/mol. The molecule has 0 aliphatic heterocycles. The zero-order valence-electron chi connectivity index (χ0n) is 13.8. The van der Waals surface area contributed by atoms with Crippen LogP contribution >= 0.6 is 0 Å². The molecule has 0 heterocycles. The van der Waals surface area contributed by atoms with Crippen LogP contribution in [-0.2, 0) is 14.8 Å². The van der Waals surface area contributed by atoms with Crippen molar-refractivity contribution in [1.29, 1.82) is 5.26 Å². The van der Waals surface area contributed by atoms with Crippen molar-refractivity contribution in [2.45, 2.75) is 43.8 Å². The summed E-state index contributed by atoms with van der Waals surface area (Å²) in [6.07, 6.45) is 0.177. The van der Waals surface area contributed by atoms with Gasteiger partial charge in [0.25, 0.3) is 0 Å². The van der Waals surface area contributed by atoms with E-state index in [0.29, 0.717) is 13.0 Å². The molecule has 1 aliphatic rings. The third-order valence-corrected chi connectivity index (χ3v) is 6.22. The highest BCUT2D eigenvalue weighted by Gasteiger charge is 2.60. The third-order valence-electron chi connectivity index (χ3n) is 4.82. The van der Waals surface area contributed by atoms with Gasteiger partial charge in [-0.25, -0.2) is 17.5 Å². The molecule has 2 rings (SSSR count). The summed E-state index contributed by atoms with van der Waals surface area (Å²) in [5.41, 5.74) is -2.19. The van der Waals surface area contributed by atoms with E-state index in [4.69, 9.17) is 10.00 Å². The number of rotatable bonds is 6. The number of benzene rings is 1. The lowest BCUT2D eigenvalue weighted by Gasteiger charge is -2.57. The summed E-state index contributed by atoms with van der Waals surface area (Å²) in [5.74, 6) is -0.783. The van der Waals surface area contributed by atoms with E-state index in [9.17, 15) is 17.9 Å². The SMILES string of the molecule is CCOC1CC(O)(CNS(=O)(=O)c2ccc(F)c(C#N)c2)C1(C)C. The van der Waals surface area contributed by atoms with Crippen molar-refractivity contribution in [3.05, 3.63) is 29.6 Å². The highest BCUT2D eigenvalue weighted by Crippen LogP contribution is 2.51. The number of ether oxygens (including phenoxy) is 1. The normalized spacial score (nSPS) is 25.8. The van der Waals surface area contributed by atoms with Gasteiger partial charge in [0.05, 0.1) is 22.2 Å². The van der Waals surface area contributed by atoms with Crippen LogP contribution in [0.15, 0.2) is 23.1 Å². The molecule has 0 radical (unpaired) electrons. The van der Waals surface area contributed by atoms with E-state index in [1.165, 1.54) is 0 Å². The molecule has 132 valence electrons. The third kappa shape index (κ3) is 3.17. The average Bonchev–Trinajstić information content (AvgIpc) is 2.53. The smallest absolute Gasteiger partial charge is 0.240 e. The Labute approximate surface area is 141 Å². The van der Waals surface area contributed by atoms with Crippen molar-refractivity contribution in [2.24, 2.45) is 5.41 Å². The quantitative estimate of drug-likeness (QED) is 0.805. The van der Waals surface area contributed by atoms with Crippen molar-refractivity contribution >= 4 is 10.0 Å². The maximum absolute atomic E-state index is 13.3. The molecule has 0 bridgehead atoms. The second-order valence-corrected chi connectivity index (χ2v) is 8.25. The Morgan fingerprint density at radius 3 is 2.71 bits per heavy atom. The molecular formula is C16H21FN2O4S. The summed E-state index contributed by atoms with van der Waals surface area (Å²) in [4.78, 5) is -0.220. The van der Waals surface area contributed by atoms with Crippen LogP contribution in [0.2, 0.25) is 0 Å². The number of aliphatic hydroxyl groups is 1. The maximum Gasteiger partial charge on any atom is 0.240 e. The van der Waals surface area contributed by atoms with Crippen molar-refractivity contribution in [2.75, 3.05) is 13.2 Å². The molecule has 1 aliphatic carbocycles. The van der Waals surface area contributed by atoms with Gasteiger partial charge in [-0.1, -0.05) is 13.8 Å². The van der Waals surface area contributed by atoms with Gasteiger partial charge in [-0.2, -0.15) is 5.26 Å². The van der Waals surface area contributed by atoms with Crippen LogP contribution in [0.5, 0.6) is 0 Å². The first-order chi connectivity index (χ1) is 11.1. The van der Waals surface area contributed by atoms with Gasteiger partial charge in [-0.05, 0) is 25.1 Å². The second-order valence-electron chi connectivity index (χ2n) is 6.48. The fraction of sp³-hybridized carbons (Fsp3) is 0.562. The van der Waals surface area contributed by atoms with Gasteiger partial charge >= 0.3 is 0 Å². The van der Waals surface area contributed by atoms with Gasteiger partial charge in [0.1, 0.15) is 11.9 Å². The predicted octanol–water partition coefficient (Wildman–Crippen LogP) is 1.54. The number of nitrogens with one attached hydrogen (secondary N) is 1. The van der Waals surface area contributed by atoms with Crippen LogP contribution < -0.4 is 4.72 Å². The monoisotopic (exact) mass is 356 g/mol. The molecule has 1 fully saturated rings. The van der Waals surface area contributed by atoms with Crippen LogP contribution in [0.1, 0.15) is 32.8 Å². The average molecular weight is 356 g/mol. The first-order valence-electron chi connectivity index (χ1n) is 7.60. The Bertz CT molecular complexity index is 773. The molecule has 0 amide bonds. The van der Waals surface area contributed by atoms with E-state index in [1.807, 2.05) is 20.8 Å². The molecule has 8 heteroatoms. The minimum Gasteiger partial charge on any atom is -0.388 e. The molecule has 0 spiro atoms. The number of nitrogens with zero attached hydrogens (tertiary/aromatic N) is 1. The van der Waals surface area contributed by atoms with Crippen molar-refractivity contribution < 1.29 is 22.7 Å². The molecule has 2 unspecified atom stereocenters. The number of sulfonamides is 1. The maximum atomic E-state index is 13.3. The van der Waals surface area contributed by atoms with Crippen molar-refractivity contribution in [3.63, 3.8) is 0 Å². The minimum atomic E-state index is -3.97. The Balaban J connectivity index is 2.13. The molecule has 2 atom stereocenters. The van der Waals surface area contributed by atoms with E-state index in [1.54, 1.807) is 6.07 Å². The summed E-state index contributed by atoms with van der Waals surface area (Å²) in [7, 11) is -3.97. The standard InChI is InChI=1S/C16H21FN2O4S/c1-4-23-14-8-16(20,15(14,2)3)10-19-24(21,22)12-5-6-13(17)11(7-12)9-18/h5-7,14,19-20H,4,8,10H2,1-3H3. The molecular weight excluding hydrogens is 335 g/mol. The number of hydrogen-bond donors (Lipinski definition) is 2. The zero-order chi connectivity index (χ0) is 18.2. The molecule has 0 aromatic heterocycles. The van der Waals surface area contributed by atoms with Crippen LogP contribution in [0.25, 0.3) is 0 Å². The van der Waals surface area contributed by atoms with E-state index in [0.717, 1.165) is 18.2 Å². The van der Waals surface area contributed by atoms with Gasteiger partial charge < -0.3 is 9.84 Å². The summed E-state index contributed by atoms with van der Waals surface area (Å²) >= 11 is 0. The van der Waals surface area contributed by atoms with E-state index in [2.05, 4.69) is 4.72 Å². The summed E-state index contributed by atoms with van der Waals surface area (Å²) in [6, 6.07) is 4.58. The van der Waals surface area contributed by atoms with Gasteiger partial charge in [-0.3, -0.25) is 0 Å². The topological polar surface area (TPSA) is 99.4 Å². The molecule has 0 saturated heterocycles. The lowest BCUT2D eigenvalue weighted by Crippen LogP contribution is -2.68. The minimum absolute atomic E-state index is 0.145. The Hall–Kier alpha value is -1.53. The number of nitriles is 1. The molecule has 1 aromatic carbocycles. The van der Waals surface area contributed by atoms with Crippen LogP contribution in [0, 0.1) is 22.6 Å².